The highest BCUT2D eigenvalue weighted by molar-refractivity contribution is 6.43. The minimum atomic E-state index is -1.73. The molecular formula is C18H37BN6O6. The van der Waals surface area contributed by atoms with Crippen molar-refractivity contribution in [3.8, 4) is 0 Å². The first kappa shape index (κ1) is 28.6. The van der Waals surface area contributed by atoms with E-state index in [2.05, 4.69) is 29.8 Å². The normalized spacial score (nSPS) is 12.8. The van der Waals surface area contributed by atoms with Gasteiger partial charge in [0, 0.05) is 13.0 Å². The Labute approximate surface area is 183 Å². The van der Waals surface area contributed by atoms with Gasteiger partial charge in [-0.1, -0.05) is 39.5 Å². The highest BCUT2D eigenvalue weighted by atomic mass is 16.7. The van der Waals surface area contributed by atoms with Gasteiger partial charge in [-0.3, -0.25) is 15.0 Å². The quantitative estimate of drug-likeness (QED) is 0.0456. The Hall–Kier alpha value is -2.41. The third-order valence-electron chi connectivity index (χ3n) is 4.42. The molecule has 7 N–H and O–H groups in total. The molecule has 2 amide bonds. The molecule has 2 atom stereocenters. The summed E-state index contributed by atoms with van der Waals surface area (Å²) in [7, 11) is -1.73. The molecule has 31 heavy (non-hydrogen) atoms. The van der Waals surface area contributed by atoms with Crippen LogP contribution in [0.2, 0.25) is 0 Å². The van der Waals surface area contributed by atoms with Crippen LogP contribution in [-0.2, 0) is 9.59 Å². The zero-order valence-corrected chi connectivity index (χ0v) is 18.8. The summed E-state index contributed by atoms with van der Waals surface area (Å²) in [5.74, 6) is -1.59. The van der Waals surface area contributed by atoms with E-state index in [0.29, 0.717) is 25.2 Å². The van der Waals surface area contributed by atoms with E-state index in [1.165, 1.54) is 0 Å². The van der Waals surface area contributed by atoms with E-state index in [-0.39, 0.29) is 31.2 Å². The van der Waals surface area contributed by atoms with Gasteiger partial charge in [-0.2, -0.15) is 0 Å². The molecule has 0 saturated heterocycles. The lowest BCUT2D eigenvalue weighted by molar-refractivity contribution is -0.525. The van der Waals surface area contributed by atoms with E-state index in [0.717, 1.165) is 6.42 Å². The fourth-order valence-electron chi connectivity index (χ4n) is 2.90. The summed E-state index contributed by atoms with van der Waals surface area (Å²) >= 11 is 0. The number of carbonyl (C=O) groups is 2. The molecule has 178 valence electrons. The van der Waals surface area contributed by atoms with Crippen LogP contribution in [0.4, 0.5) is 0 Å². The van der Waals surface area contributed by atoms with Crippen LogP contribution >= 0.6 is 0 Å². The Morgan fingerprint density at radius 2 is 1.71 bits per heavy atom. The van der Waals surface area contributed by atoms with Gasteiger partial charge in [0.15, 0.2) is 5.03 Å². The molecule has 0 aliphatic carbocycles. The average Bonchev–Trinajstić information content (AvgIpc) is 2.62. The van der Waals surface area contributed by atoms with Gasteiger partial charge >= 0.3 is 7.12 Å². The van der Waals surface area contributed by atoms with Crippen LogP contribution in [0.5, 0.6) is 0 Å². The number of nitrogens with zero attached hydrogens (tertiary/aromatic N) is 1. The van der Waals surface area contributed by atoms with Gasteiger partial charge in [0.2, 0.25) is 11.8 Å². The number of hydrogen-bond donors (Lipinski definition) is 7. The molecule has 0 fully saturated rings. The Kier molecular flexibility index (Phi) is 14.2. The van der Waals surface area contributed by atoms with Gasteiger partial charge in [-0.05, 0) is 37.5 Å². The van der Waals surface area contributed by atoms with Crippen LogP contribution in [0.25, 0.3) is 0 Å². The summed E-state index contributed by atoms with van der Waals surface area (Å²) in [5.41, 5.74) is 1.66. The van der Waals surface area contributed by atoms with E-state index in [4.69, 9.17) is 5.41 Å². The lowest BCUT2D eigenvalue weighted by atomic mass is 9.75. The van der Waals surface area contributed by atoms with E-state index in [1.807, 2.05) is 13.8 Å². The molecule has 0 aromatic carbocycles. The maximum Gasteiger partial charge on any atom is 0.475 e. The third-order valence-corrected chi connectivity index (χ3v) is 4.42. The Bertz CT molecular complexity index is 590. The van der Waals surface area contributed by atoms with Crippen molar-refractivity contribution in [1.29, 1.82) is 5.41 Å². The van der Waals surface area contributed by atoms with Crippen LogP contribution in [0.15, 0.2) is 0 Å². The molecule has 0 rings (SSSR count). The second-order valence-electron chi connectivity index (χ2n) is 8.38. The summed E-state index contributed by atoms with van der Waals surface area (Å²) in [5, 5.41) is 43.6. The van der Waals surface area contributed by atoms with Crippen molar-refractivity contribution in [3.63, 3.8) is 0 Å². The monoisotopic (exact) mass is 444 g/mol. The second kappa shape index (κ2) is 15.4. The number of carbonyl (C=O) groups excluding carboxylic acids is 2. The van der Waals surface area contributed by atoms with E-state index >= 15 is 0 Å². The van der Waals surface area contributed by atoms with E-state index in [1.54, 1.807) is 5.43 Å². The van der Waals surface area contributed by atoms with E-state index < -0.39 is 36.0 Å². The van der Waals surface area contributed by atoms with Crippen molar-refractivity contribution in [3.05, 3.63) is 10.1 Å². The minimum absolute atomic E-state index is 0.112. The molecule has 0 aromatic rings. The summed E-state index contributed by atoms with van der Waals surface area (Å²) in [6.45, 7) is 8.05. The highest BCUT2D eigenvalue weighted by Gasteiger charge is 2.29. The molecule has 0 saturated carbocycles. The van der Waals surface area contributed by atoms with Crippen molar-refractivity contribution in [1.82, 2.24) is 21.4 Å². The predicted molar refractivity (Wildman–Crippen MR) is 117 cm³/mol. The fourth-order valence-corrected chi connectivity index (χ4v) is 2.90. The smallest absolute Gasteiger partial charge is 0.426 e. The topological polar surface area (TPSA) is 190 Å². The number of nitro groups is 1. The molecule has 12 nitrogen and oxygen atoms in total. The molecule has 0 unspecified atom stereocenters. The number of amides is 2. The highest BCUT2D eigenvalue weighted by Crippen LogP contribution is 2.09. The van der Waals surface area contributed by atoms with Gasteiger partial charge < -0.3 is 26.0 Å². The van der Waals surface area contributed by atoms with Crippen molar-refractivity contribution in [2.45, 2.75) is 78.2 Å². The third kappa shape index (κ3) is 15.1. The summed E-state index contributed by atoms with van der Waals surface area (Å²) in [4.78, 5) is 35.3. The first-order valence-corrected chi connectivity index (χ1v) is 10.6. The molecule has 13 heteroatoms. The Morgan fingerprint density at radius 3 is 2.23 bits per heavy atom. The van der Waals surface area contributed by atoms with Crippen molar-refractivity contribution in [2.24, 2.45) is 11.8 Å². The zero-order chi connectivity index (χ0) is 24.0. The first-order chi connectivity index (χ1) is 14.4. The van der Waals surface area contributed by atoms with Crippen LogP contribution in [0.3, 0.4) is 0 Å². The van der Waals surface area contributed by atoms with Crippen molar-refractivity contribution < 1.29 is 24.7 Å². The lowest BCUT2D eigenvalue weighted by Gasteiger charge is -2.24. The van der Waals surface area contributed by atoms with Crippen LogP contribution < -0.4 is 21.4 Å². The zero-order valence-electron chi connectivity index (χ0n) is 18.8. The fraction of sp³-hybridized carbons (Fsp3) is 0.833. The molecule has 0 bridgehead atoms. The predicted octanol–water partition coefficient (Wildman–Crippen LogP) is -0.0737. The molecule has 0 aliphatic rings. The molecule has 0 heterocycles. The SMILES string of the molecule is CC(C)CCCC(=O)N[C@@H](CCCNC(=N)N[N+](=O)[O-])C(=O)N[C@@H](CC(C)C)B(O)O. The Morgan fingerprint density at radius 1 is 1.06 bits per heavy atom. The van der Waals surface area contributed by atoms with E-state index in [9.17, 15) is 29.8 Å². The summed E-state index contributed by atoms with van der Waals surface area (Å²) in [6, 6.07) is -0.903. The molecule has 0 radical (unpaired) electrons. The Balaban J connectivity index is 4.90. The summed E-state index contributed by atoms with van der Waals surface area (Å²) in [6.07, 6.45) is 2.74. The van der Waals surface area contributed by atoms with Crippen LogP contribution in [0, 0.1) is 27.4 Å². The first-order valence-electron chi connectivity index (χ1n) is 10.6. The molecule has 0 spiro atoms. The van der Waals surface area contributed by atoms with Gasteiger partial charge in [-0.25, -0.2) is 10.1 Å². The van der Waals surface area contributed by atoms with Gasteiger partial charge in [0.05, 0.1) is 5.94 Å². The lowest BCUT2D eigenvalue weighted by Crippen LogP contribution is -2.54. The van der Waals surface area contributed by atoms with Crippen LogP contribution in [-0.4, -0.2) is 58.5 Å². The number of hydrogen-bond acceptors (Lipinski definition) is 7. The number of hydrazine groups is 1. The summed E-state index contributed by atoms with van der Waals surface area (Å²) < 4.78 is 0. The number of guanidine groups is 1. The van der Waals surface area contributed by atoms with Crippen molar-refractivity contribution >= 4 is 24.9 Å². The minimum Gasteiger partial charge on any atom is -0.426 e. The average molecular weight is 444 g/mol. The second-order valence-corrected chi connectivity index (χ2v) is 8.38. The number of nitrogens with one attached hydrogen (secondary N) is 5. The molecule has 0 aromatic heterocycles. The molecule has 0 aliphatic heterocycles. The maximum absolute atomic E-state index is 12.7. The van der Waals surface area contributed by atoms with Gasteiger partial charge in [0.25, 0.3) is 5.96 Å². The largest absolute Gasteiger partial charge is 0.475 e. The van der Waals surface area contributed by atoms with Crippen molar-refractivity contribution in [2.75, 3.05) is 6.54 Å². The van der Waals surface area contributed by atoms with Gasteiger partial charge in [-0.15, -0.1) is 0 Å². The molecular weight excluding hydrogens is 407 g/mol. The number of rotatable bonds is 15. The van der Waals surface area contributed by atoms with Gasteiger partial charge in [0.1, 0.15) is 6.04 Å². The van der Waals surface area contributed by atoms with Crippen LogP contribution in [0.1, 0.15) is 66.2 Å². The standard InChI is InChI=1S/C18H37BN6O6/c1-12(2)7-5-9-16(26)22-14(8-6-10-21-18(20)24-25(30)31)17(27)23-15(19(28)29)11-13(3)4/h12-15,28-29H,5-11H2,1-4H3,(H,22,26)(H,23,27)(H3,20,21,24)/t14-,15-/m0/s1. The maximum atomic E-state index is 12.7.